The van der Waals surface area contributed by atoms with Gasteiger partial charge in [-0.05, 0) is 75.6 Å². The second-order valence-corrected chi connectivity index (χ2v) is 8.76. The Labute approximate surface area is 167 Å². The van der Waals surface area contributed by atoms with Crippen LogP contribution in [0.3, 0.4) is 0 Å². The van der Waals surface area contributed by atoms with Crippen LogP contribution < -0.4 is 14.9 Å². The van der Waals surface area contributed by atoms with Crippen LogP contribution in [-0.2, 0) is 10.0 Å². The van der Waals surface area contributed by atoms with Gasteiger partial charge in [0, 0.05) is 36.1 Å². The molecule has 2 aromatic rings. The first-order valence-corrected chi connectivity index (χ1v) is 11.1. The van der Waals surface area contributed by atoms with Crippen molar-refractivity contribution < 1.29 is 13.2 Å². The van der Waals surface area contributed by atoms with Crippen molar-refractivity contribution in [2.45, 2.75) is 44.6 Å². The number of carbonyl (C=O) groups is 1. The summed E-state index contributed by atoms with van der Waals surface area (Å²) < 4.78 is 27.5. The van der Waals surface area contributed by atoms with Crippen LogP contribution in [0.2, 0.25) is 0 Å². The van der Waals surface area contributed by atoms with Crippen molar-refractivity contribution in [2.75, 3.05) is 23.3 Å². The Morgan fingerprint density at radius 1 is 1.07 bits per heavy atom. The van der Waals surface area contributed by atoms with Crippen molar-refractivity contribution in [2.24, 2.45) is 0 Å². The van der Waals surface area contributed by atoms with E-state index in [1.54, 1.807) is 13.0 Å². The van der Waals surface area contributed by atoms with Gasteiger partial charge in [0.15, 0.2) is 0 Å². The fourth-order valence-corrected chi connectivity index (χ4v) is 4.38. The highest BCUT2D eigenvalue weighted by Gasteiger charge is 2.28. The lowest BCUT2D eigenvalue weighted by Gasteiger charge is -2.21. The maximum Gasteiger partial charge on any atom is 0.255 e. The third kappa shape index (κ3) is 4.72. The zero-order chi connectivity index (χ0) is 20.3. The Bertz CT molecular complexity index is 947. The van der Waals surface area contributed by atoms with E-state index < -0.39 is 10.0 Å². The van der Waals surface area contributed by atoms with Crippen molar-refractivity contribution in [1.82, 2.24) is 4.72 Å². The average molecular weight is 402 g/mol. The number of nitrogens with zero attached hydrogens (tertiary/aromatic N) is 1. The summed E-state index contributed by atoms with van der Waals surface area (Å²) in [5.74, 6) is -0.323. The van der Waals surface area contributed by atoms with Crippen molar-refractivity contribution >= 4 is 27.3 Å². The Morgan fingerprint density at radius 3 is 2.29 bits per heavy atom. The van der Waals surface area contributed by atoms with Crippen molar-refractivity contribution in [3.8, 4) is 0 Å². The van der Waals surface area contributed by atoms with Gasteiger partial charge in [-0.1, -0.05) is 6.07 Å². The number of rotatable bonds is 8. The van der Waals surface area contributed by atoms with Crippen LogP contribution in [0.1, 0.15) is 42.6 Å². The molecule has 2 N–H and O–H groups in total. The van der Waals surface area contributed by atoms with Gasteiger partial charge in [-0.25, -0.2) is 13.1 Å². The van der Waals surface area contributed by atoms with Crippen LogP contribution in [0, 0.1) is 6.92 Å². The molecule has 0 spiro atoms. The highest BCUT2D eigenvalue weighted by molar-refractivity contribution is 7.89. The summed E-state index contributed by atoms with van der Waals surface area (Å²) >= 11 is 0. The topological polar surface area (TPSA) is 78.5 Å². The van der Waals surface area contributed by atoms with E-state index in [1.165, 1.54) is 12.1 Å². The normalized spacial score (nSPS) is 14.0. The fourth-order valence-electron chi connectivity index (χ4n) is 3.04. The van der Waals surface area contributed by atoms with Gasteiger partial charge in [0.2, 0.25) is 10.0 Å². The molecular formula is C21H27N3O3S. The van der Waals surface area contributed by atoms with Crippen LogP contribution in [0.25, 0.3) is 0 Å². The molecule has 0 aliphatic heterocycles. The van der Waals surface area contributed by atoms with E-state index in [-0.39, 0.29) is 16.8 Å². The van der Waals surface area contributed by atoms with Gasteiger partial charge in [0.05, 0.1) is 4.90 Å². The molecule has 2 aromatic carbocycles. The summed E-state index contributed by atoms with van der Waals surface area (Å²) in [4.78, 5) is 15.1. The quantitative estimate of drug-likeness (QED) is 0.709. The summed E-state index contributed by atoms with van der Waals surface area (Å²) in [6.07, 6.45) is 1.73. The SMILES string of the molecule is CCN(CC)c1ccc(NC(=O)c2cc(S(=O)(=O)NC3CC3)ccc2C)cc1. The van der Waals surface area contributed by atoms with E-state index in [9.17, 15) is 13.2 Å². The molecule has 0 saturated heterocycles. The van der Waals surface area contributed by atoms with Crippen LogP contribution in [0.4, 0.5) is 11.4 Å². The van der Waals surface area contributed by atoms with E-state index in [0.29, 0.717) is 11.3 Å². The van der Waals surface area contributed by atoms with Gasteiger partial charge >= 0.3 is 0 Å². The van der Waals surface area contributed by atoms with E-state index >= 15 is 0 Å². The van der Waals surface area contributed by atoms with E-state index in [2.05, 4.69) is 28.8 Å². The molecule has 7 heteroatoms. The van der Waals surface area contributed by atoms with Crippen molar-refractivity contribution in [1.29, 1.82) is 0 Å². The summed E-state index contributed by atoms with van der Waals surface area (Å²) in [5, 5.41) is 2.86. The Kier molecular flexibility index (Phi) is 6.05. The molecule has 1 amide bonds. The maximum absolute atomic E-state index is 12.7. The number of anilines is 2. The van der Waals surface area contributed by atoms with Crippen LogP contribution in [-0.4, -0.2) is 33.5 Å². The van der Waals surface area contributed by atoms with Gasteiger partial charge in [0.1, 0.15) is 0 Å². The van der Waals surface area contributed by atoms with Crippen molar-refractivity contribution in [3.63, 3.8) is 0 Å². The lowest BCUT2D eigenvalue weighted by molar-refractivity contribution is 0.102. The molecule has 150 valence electrons. The minimum absolute atomic E-state index is 0.0212. The molecule has 3 rings (SSSR count). The summed E-state index contributed by atoms with van der Waals surface area (Å²) in [6, 6.07) is 12.3. The molecule has 0 atom stereocenters. The lowest BCUT2D eigenvalue weighted by Crippen LogP contribution is -2.26. The maximum atomic E-state index is 12.7. The minimum atomic E-state index is -3.60. The molecule has 1 fully saturated rings. The largest absolute Gasteiger partial charge is 0.372 e. The van der Waals surface area contributed by atoms with Crippen LogP contribution in [0.5, 0.6) is 0 Å². The standard InChI is InChI=1S/C21H27N3O3S/c1-4-24(5-2)18-11-9-16(10-12-18)22-21(25)20-14-19(13-6-15(20)3)28(26,27)23-17-7-8-17/h6,9-14,17,23H,4-5,7-8H2,1-3H3,(H,22,25). The average Bonchev–Trinajstić information content (AvgIpc) is 3.47. The highest BCUT2D eigenvalue weighted by atomic mass is 32.2. The van der Waals surface area contributed by atoms with Gasteiger partial charge in [-0.15, -0.1) is 0 Å². The van der Waals surface area contributed by atoms with Crippen LogP contribution >= 0.6 is 0 Å². The Balaban J connectivity index is 1.77. The zero-order valence-electron chi connectivity index (χ0n) is 16.5. The molecule has 1 saturated carbocycles. The first kappa shape index (κ1) is 20.4. The number of hydrogen-bond donors (Lipinski definition) is 2. The lowest BCUT2D eigenvalue weighted by atomic mass is 10.1. The minimum Gasteiger partial charge on any atom is -0.372 e. The number of sulfonamides is 1. The van der Waals surface area contributed by atoms with Gasteiger partial charge in [0.25, 0.3) is 5.91 Å². The molecule has 0 radical (unpaired) electrons. The number of hydrogen-bond acceptors (Lipinski definition) is 4. The van der Waals surface area contributed by atoms with E-state index in [0.717, 1.165) is 37.2 Å². The number of amides is 1. The van der Waals surface area contributed by atoms with Gasteiger partial charge in [-0.2, -0.15) is 0 Å². The second-order valence-electron chi connectivity index (χ2n) is 7.05. The molecule has 0 aromatic heterocycles. The smallest absolute Gasteiger partial charge is 0.255 e. The van der Waals surface area contributed by atoms with Gasteiger partial charge < -0.3 is 10.2 Å². The Morgan fingerprint density at radius 2 is 1.71 bits per heavy atom. The number of benzene rings is 2. The van der Waals surface area contributed by atoms with Crippen LogP contribution in [0.15, 0.2) is 47.4 Å². The first-order chi connectivity index (χ1) is 13.3. The first-order valence-electron chi connectivity index (χ1n) is 9.63. The Hall–Kier alpha value is -2.38. The van der Waals surface area contributed by atoms with Crippen molar-refractivity contribution in [3.05, 3.63) is 53.6 Å². The fraction of sp³-hybridized carbons (Fsp3) is 0.381. The number of carbonyl (C=O) groups excluding carboxylic acids is 1. The zero-order valence-corrected chi connectivity index (χ0v) is 17.3. The molecule has 0 unspecified atom stereocenters. The number of aryl methyl sites for hydroxylation is 1. The summed E-state index contributed by atoms with van der Waals surface area (Å²) in [6.45, 7) is 7.82. The summed E-state index contributed by atoms with van der Waals surface area (Å²) in [5.41, 5.74) is 2.84. The number of nitrogens with one attached hydrogen (secondary N) is 2. The van der Waals surface area contributed by atoms with E-state index in [1.807, 2.05) is 24.3 Å². The molecule has 0 heterocycles. The predicted octanol–water partition coefficient (Wildman–Crippen LogP) is 3.53. The molecule has 0 bridgehead atoms. The van der Waals surface area contributed by atoms with Gasteiger partial charge in [-0.3, -0.25) is 4.79 Å². The van der Waals surface area contributed by atoms with E-state index in [4.69, 9.17) is 0 Å². The highest BCUT2D eigenvalue weighted by Crippen LogP contribution is 2.24. The molecule has 28 heavy (non-hydrogen) atoms. The predicted molar refractivity (Wildman–Crippen MR) is 112 cm³/mol. The second kappa shape index (κ2) is 8.32. The third-order valence-electron chi connectivity index (χ3n) is 4.92. The monoisotopic (exact) mass is 401 g/mol. The molecule has 6 nitrogen and oxygen atoms in total. The molecule has 1 aliphatic carbocycles. The molecule has 1 aliphatic rings. The molecular weight excluding hydrogens is 374 g/mol. The third-order valence-corrected chi connectivity index (χ3v) is 6.44. The summed E-state index contributed by atoms with van der Waals surface area (Å²) in [7, 11) is -3.60.